The first-order chi connectivity index (χ1) is 7.88. The molecular weight excluding hydrogens is 222 g/mol. The summed E-state index contributed by atoms with van der Waals surface area (Å²) in [5.74, 6) is 0.559. The van der Waals surface area contributed by atoms with Crippen LogP contribution >= 0.6 is 11.3 Å². The van der Waals surface area contributed by atoms with Crippen LogP contribution in [0.3, 0.4) is 0 Å². The Morgan fingerprint density at radius 3 is 2.88 bits per heavy atom. The molecule has 0 unspecified atom stereocenters. The van der Waals surface area contributed by atoms with E-state index in [2.05, 4.69) is 15.0 Å². The lowest BCUT2D eigenvalue weighted by molar-refractivity contribution is 0.284. The van der Waals surface area contributed by atoms with Crippen molar-refractivity contribution in [2.45, 2.75) is 25.4 Å². The highest BCUT2D eigenvalue weighted by Gasteiger charge is 2.29. The molecule has 5 heteroatoms. The number of aromatic nitrogens is 3. The first-order valence-electron chi connectivity index (χ1n) is 5.25. The van der Waals surface area contributed by atoms with Crippen LogP contribution in [0.1, 0.15) is 29.3 Å². The third-order valence-electron chi connectivity index (χ3n) is 2.62. The Morgan fingerprint density at radius 2 is 2.25 bits per heavy atom. The summed E-state index contributed by atoms with van der Waals surface area (Å²) in [6, 6.07) is 0. The molecule has 3 rings (SSSR count). The van der Waals surface area contributed by atoms with E-state index in [1.807, 2.05) is 0 Å². The molecule has 0 saturated heterocycles. The third-order valence-corrected chi connectivity index (χ3v) is 3.70. The number of rotatable bonds is 3. The fraction of sp³-hybridized carbons (Fsp3) is 0.364. The van der Waals surface area contributed by atoms with Crippen LogP contribution in [-0.2, 0) is 6.61 Å². The predicted molar refractivity (Wildman–Crippen MR) is 61.0 cm³/mol. The lowest BCUT2D eigenvalue weighted by Gasteiger charge is -1.93. The average molecular weight is 233 g/mol. The number of hydrogen-bond acceptors (Lipinski definition) is 5. The van der Waals surface area contributed by atoms with Gasteiger partial charge < -0.3 is 5.11 Å². The molecular formula is C11H11N3OS. The molecule has 1 N–H and O–H groups in total. The van der Waals surface area contributed by atoms with E-state index in [-0.39, 0.29) is 6.61 Å². The van der Waals surface area contributed by atoms with Gasteiger partial charge in [-0.2, -0.15) is 0 Å². The van der Waals surface area contributed by atoms with Crippen molar-refractivity contribution in [3.05, 3.63) is 29.2 Å². The predicted octanol–water partition coefficient (Wildman–Crippen LogP) is 1.97. The zero-order valence-corrected chi connectivity index (χ0v) is 9.44. The molecule has 1 aliphatic rings. The van der Waals surface area contributed by atoms with Crippen molar-refractivity contribution in [1.29, 1.82) is 0 Å². The molecule has 0 amide bonds. The summed E-state index contributed by atoms with van der Waals surface area (Å²) in [7, 11) is 0. The maximum Gasteiger partial charge on any atom is 0.144 e. The lowest BCUT2D eigenvalue weighted by atomic mass is 10.2. The van der Waals surface area contributed by atoms with Gasteiger partial charge in [-0.25, -0.2) is 4.98 Å². The average Bonchev–Trinajstić information content (AvgIpc) is 3.10. The Morgan fingerprint density at radius 1 is 1.38 bits per heavy atom. The lowest BCUT2D eigenvalue weighted by Crippen LogP contribution is -1.87. The second-order valence-corrected chi connectivity index (χ2v) is 4.93. The van der Waals surface area contributed by atoms with Crippen LogP contribution in [0.2, 0.25) is 0 Å². The van der Waals surface area contributed by atoms with Crippen molar-refractivity contribution in [1.82, 2.24) is 15.0 Å². The summed E-state index contributed by atoms with van der Waals surface area (Å²) < 4.78 is 0. The SMILES string of the molecule is OCc1sc(-c2cnccn2)nc1C1CC1. The third kappa shape index (κ3) is 1.72. The topological polar surface area (TPSA) is 58.9 Å². The van der Waals surface area contributed by atoms with Gasteiger partial charge in [0, 0.05) is 18.3 Å². The number of thiazole rings is 1. The van der Waals surface area contributed by atoms with Crippen LogP contribution in [0.15, 0.2) is 18.6 Å². The van der Waals surface area contributed by atoms with Gasteiger partial charge in [0.05, 0.1) is 23.4 Å². The largest absolute Gasteiger partial charge is 0.391 e. The van der Waals surface area contributed by atoms with E-state index >= 15 is 0 Å². The van der Waals surface area contributed by atoms with Crippen molar-refractivity contribution in [3.63, 3.8) is 0 Å². The van der Waals surface area contributed by atoms with Gasteiger partial charge in [0.15, 0.2) is 0 Å². The number of nitrogens with zero attached hydrogens (tertiary/aromatic N) is 3. The number of hydrogen-bond donors (Lipinski definition) is 1. The maximum atomic E-state index is 9.29. The Bertz CT molecular complexity index is 493. The van der Waals surface area contributed by atoms with Gasteiger partial charge >= 0.3 is 0 Å². The monoisotopic (exact) mass is 233 g/mol. The molecule has 0 bridgehead atoms. The fourth-order valence-corrected chi connectivity index (χ4v) is 2.64. The summed E-state index contributed by atoms with van der Waals surface area (Å²) in [5, 5.41) is 10.1. The highest BCUT2D eigenvalue weighted by atomic mass is 32.1. The first-order valence-corrected chi connectivity index (χ1v) is 6.07. The minimum Gasteiger partial charge on any atom is -0.391 e. The minimum atomic E-state index is 0.0732. The summed E-state index contributed by atoms with van der Waals surface area (Å²) in [6.45, 7) is 0.0732. The molecule has 2 heterocycles. The van der Waals surface area contributed by atoms with E-state index < -0.39 is 0 Å². The van der Waals surface area contributed by atoms with Gasteiger partial charge in [0.2, 0.25) is 0 Å². The quantitative estimate of drug-likeness (QED) is 0.880. The van der Waals surface area contributed by atoms with Crippen molar-refractivity contribution < 1.29 is 5.11 Å². The highest BCUT2D eigenvalue weighted by Crippen LogP contribution is 2.43. The molecule has 2 aromatic heterocycles. The summed E-state index contributed by atoms with van der Waals surface area (Å²) >= 11 is 1.52. The Kier molecular flexibility index (Phi) is 2.41. The number of aliphatic hydroxyl groups excluding tert-OH is 1. The van der Waals surface area contributed by atoms with E-state index in [1.165, 1.54) is 24.2 Å². The van der Waals surface area contributed by atoms with Gasteiger partial charge in [-0.1, -0.05) is 0 Å². The van der Waals surface area contributed by atoms with Gasteiger partial charge in [0.25, 0.3) is 0 Å². The summed E-state index contributed by atoms with van der Waals surface area (Å²) in [4.78, 5) is 13.8. The van der Waals surface area contributed by atoms with E-state index in [0.29, 0.717) is 5.92 Å². The van der Waals surface area contributed by atoms with E-state index in [0.717, 1.165) is 21.3 Å². The Labute approximate surface area is 97.0 Å². The molecule has 1 saturated carbocycles. The molecule has 0 aromatic carbocycles. The standard InChI is InChI=1S/C11H11N3OS/c15-6-9-10(7-1-2-7)14-11(16-9)8-5-12-3-4-13-8/h3-5,7,15H,1-2,6H2. The second-order valence-electron chi connectivity index (χ2n) is 3.85. The molecule has 16 heavy (non-hydrogen) atoms. The Hall–Kier alpha value is -1.33. The maximum absolute atomic E-state index is 9.29. The van der Waals surface area contributed by atoms with Crippen molar-refractivity contribution in [2.75, 3.05) is 0 Å². The van der Waals surface area contributed by atoms with Crippen LogP contribution < -0.4 is 0 Å². The molecule has 0 spiro atoms. The van der Waals surface area contributed by atoms with Crippen molar-refractivity contribution in [3.8, 4) is 10.7 Å². The van der Waals surface area contributed by atoms with Gasteiger partial charge in [-0.3, -0.25) is 9.97 Å². The molecule has 1 aliphatic carbocycles. The second kappa shape index (κ2) is 3.92. The molecule has 2 aromatic rings. The molecule has 0 radical (unpaired) electrons. The van der Waals surface area contributed by atoms with Crippen LogP contribution in [0.4, 0.5) is 0 Å². The minimum absolute atomic E-state index is 0.0732. The van der Waals surface area contributed by atoms with Gasteiger partial charge in [-0.05, 0) is 12.8 Å². The smallest absolute Gasteiger partial charge is 0.144 e. The van der Waals surface area contributed by atoms with E-state index in [1.54, 1.807) is 18.6 Å². The van der Waals surface area contributed by atoms with Crippen LogP contribution in [-0.4, -0.2) is 20.1 Å². The normalized spacial score (nSPS) is 15.3. The molecule has 82 valence electrons. The highest BCUT2D eigenvalue weighted by molar-refractivity contribution is 7.15. The first kappa shape index (κ1) is 9.86. The van der Waals surface area contributed by atoms with Gasteiger partial charge in [0.1, 0.15) is 10.7 Å². The zero-order valence-electron chi connectivity index (χ0n) is 8.63. The Balaban J connectivity index is 2.02. The van der Waals surface area contributed by atoms with E-state index in [4.69, 9.17) is 0 Å². The fourth-order valence-electron chi connectivity index (χ4n) is 1.67. The number of aliphatic hydroxyl groups is 1. The van der Waals surface area contributed by atoms with Crippen LogP contribution in [0.25, 0.3) is 10.7 Å². The van der Waals surface area contributed by atoms with Crippen molar-refractivity contribution in [2.24, 2.45) is 0 Å². The van der Waals surface area contributed by atoms with Crippen LogP contribution in [0.5, 0.6) is 0 Å². The van der Waals surface area contributed by atoms with Gasteiger partial charge in [-0.15, -0.1) is 11.3 Å². The molecule has 0 atom stereocenters. The molecule has 0 aliphatic heterocycles. The van der Waals surface area contributed by atoms with Crippen LogP contribution in [0, 0.1) is 0 Å². The summed E-state index contributed by atoms with van der Waals surface area (Å²) in [6.07, 6.45) is 7.39. The van der Waals surface area contributed by atoms with Crippen molar-refractivity contribution >= 4 is 11.3 Å². The summed E-state index contributed by atoms with van der Waals surface area (Å²) in [5.41, 5.74) is 1.85. The molecule has 4 nitrogen and oxygen atoms in total. The zero-order chi connectivity index (χ0) is 11.0. The molecule has 1 fully saturated rings. The van der Waals surface area contributed by atoms with E-state index in [9.17, 15) is 5.11 Å².